The van der Waals surface area contributed by atoms with E-state index in [1.165, 1.54) is 67.4 Å². The maximum absolute atomic E-state index is 5.26. The smallest absolute Gasteiger partial charge is 0.164 e. The third-order valence-electron chi connectivity index (χ3n) is 11.3. The third-order valence-corrected chi connectivity index (χ3v) is 11.3. The highest BCUT2D eigenvalue weighted by Gasteiger charge is 2.39. The van der Waals surface area contributed by atoms with Gasteiger partial charge in [0, 0.05) is 22.1 Å². The molecule has 7 aromatic carbocycles. The summed E-state index contributed by atoms with van der Waals surface area (Å²) in [5, 5.41) is 2.29. The van der Waals surface area contributed by atoms with E-state index in [-0.39, 0.29) is 5.41 Å². The van der Waals surface area contributed by atoms with E-state index in [2.05, 4.69) is 147 Å². The molecule has 2 aliphatic carbocycles. The highest BCUT2D eigenvalue weighted by Crippen LogP contribution is 2.54. The first-order chi connectivity index (χ1) is 25.5. The van der Waals surface area contributed by atoms with Gasteiger partial charge in [0.1, 0.15) is 0 Å². The SMILES string of the molecule is CC1(C)c2ccc(-c3nc(-c4ccccc4)nc(-c4ccc(-c5ccccc5)c5ccccc45)n3)cc2-c2ccc3c(c21)-c1ccccc1CCC3. The number of aromatic nitrogens is 3. The summed E-state index contributed by atoms with van der Waals surface area (Å²) in [5.41, 5.74) is 16.3. The van der Waals surface area contributed by atoms with Crippen molar-refractivity contribution in [2.24, 2.45) is 0 Å². The van der Waals surface area contributed by atoms with Crippen molar-refractivity contribution in [3.05, 3.63) is 174 Å². The third kappa shape index (κ3) is 4.84. The van der Waals surface area contributed by atoms with Gasteiger partial charge in [0.2, 0.25) is 0 Å². The Hall–Kier alpha value is -6.19. The van der Waals surface area contributed by atoms with Crippen LogP contribution in [0.1, 0.15) is 42.5 Å². The molecule has 8 aromatic rings. The lowest BCUT2D eigenvalue weighted by atomic mass is 9.77. The van der Waals surface area contributed by atoms with E-state index in [0.717, 1.165) is 34.9 Å². The van der Waals surface area contributed by atoms with Crippen LogP contribution in [-0.4, -0.2) is 15.0 Å². The minimum absolute atomic E-state index is 0.148. The number of fused-ring (bicyclic) bond motifs is 8. The Labute approximate surface area is 304 Å². The van der Waals surface area contributed by atoms with Crippen LogP contribution in [0.15, 0.2) is 152 Å². The number of hydrogen-bond acceptors (Lipinski definition) is 3. The maximum atomic E-state index is 5.26. The minimum atomic E-state index is -0.148. The van der Waals surface area contributed by atoms with Gasteiger partial charge in [0.15, 0.2) is 17.5 Å². The molecular formula is C49H37N3. The molecule has 10 rings (SSSR count). The summed E-state index contributed by atoms with van der Waals surface area (Å²) in [7, 11) is 0. The van der Waals surface area contributed by atoms with Gasteiger partial charge in [0.05, 0.1) is 0 Å². The molecule has 52 heavy (non-hydrogen) atoms. The first-order valence-electron chi connectivity index (χ1n) is 18.3. The van der Waals surface area contributed by atoms with Crippen molar-refractivity contribution in [2.75, 3.05) is 0 Å². The molecule has 0 unspecified atom stereocenters. The van der Waals surface area contributed by atoms with Crippen molar-refractivity contribution in [2.45, 2.75) is 38.5 Å². The van der Waals surface area contributed by atoms with Gasteiger partial charge in [-0.25, -0.2) is 15.0 Å². The molecule has 0 N–H and O–H groups in total. The van der Waals surface area contributed by atoms with Crippen LogP contribution in [0.3, 0.4) is 0 Å². The topological polar surface area (TPSA) is 38.7 Å². The van der Waals surface area contributed by atoms with Crippen molar-refractivity contribution in [3.63, 3.8) is 0 Å². The molecule has 1 heterocycles. The molecule has 3 heteroatoms. The van der Waals surface area contributed by atoms with E-state index in [0.29, 0.717) is 17.5 Å². The predicted molar refractivity (Wildman–Crippen MR) is 214 cm³/mol. The molecule has 1 aromatic heterocycles. The first-order valence-corrected chi connectivity index (χ1v) is 18.3. The average molecular weight is 668 g/mol. The number of rotatable bonds is 4. The molecule has 0 spiro atoms. The minimum Gasteiger partial charge on any atom is -0.208 e. The fourth-order valence-electron chi connectivity index (χ4n) is 8.78. The van der Waals surface area contributed by atoms with Crippen LogP contribution in [0.25, 0.3) is 78.3 Å². The molecule has 0 saturated carbocycles. The molecular weight excluding hydrogens is 631 g/mol. The fourth-order valence-corrected chi connectivity index (χ4v) is 8.78. The van der Waals surface area contributed by atoms with Crippen LogP contribution >= 0.6 is 0 Å². The average Bonchev–Trinajstić information content (AvgIpc) is 3.30. The van der Waals surface area contributed by atoms with Crippen LogP contribution < -0.4 is 0 Å². The van der Waals surface area contributed by atoms with Crippen LogP contribution in [-0.2, 0) is 18.3 Å². The van der Waals surface area contributed by atoms with Crippen molar-refractivity contribution in [1.29, 1.82) is 0 Å². The molecule has 0 radical (unpaired) electrons. The Bertz CT molecular complexity index is 2670. The zero-order valence-corrected chi connectivity index (χ0v) is 29.4. The summed E-state index contributed by atoms with van der Waals surface area (Å²) in [4.78, 5) is 15.6. The second-order valence-corrected chi connectivity index (χ2v) is 14.7. The number of aryl methyl sites for hydroxylation is 2. The number of hydrogen-bond donors (Lipinski definition) is 0. The Kier molecular flexibility index (Phi) is 7.04. The molecule has 2 aliphatic rings. The summed E-state index contributed by atoms with van der Waals surface area (Å²) < 4.78 is 0. The van der Waals surface area contributed by atoms with Gasteiger partial charge in [-0.1, -0.05) is 153 Å². The molecule has 248 valence electrons. The normalized spacial score (nSPS) is 13.9. The molecule has 0 bridgehead atoms. The van der Waals surface area contributed by atoms with Gasteiger partial charge in [-0.2, -0.15) is 0 Å². The van der Waals surface area contributed by atoms with Crippen molar-refractivity contribution in [1.82, 2.24) is 15.0 Å². The largest absolute Gasteiger partial charge is 0.208 e. The monoisotopic (exact) mass is 667 g/mol. The van der Waals surface area contributed by atoms with Gasteiger partial charge >= 0.3 is 0 Å². The molecule has 0 fully saturated rings. The summed E-state index contributed by atoms with van der Waals surface area (Å²) in [5.74, 6) is 2.01. The summed E-state index contributed by atoms with van der Waals surface area (Å²) >= 11 is 0. The van der Waals surface area contributed by atoms with E-state index < -0.39 is 0 Å². The van der Waals surface area contributed by atoms with Gasteiger partial charge in [-0.05, 0) is 97.8 Å². The van der Waals surface area contributed by atoms with E-state index in [4.69, 9.17) is 15.0 Å². The Morgan fingerprint density at radius 1 is 0.423 bits per heavy atom. The van der Waals surface area contributed by atoms with E-state index in [1.807, 2.05) is 18.2 Å². The highest BCUT2D eigenvalue weighted by molar-refractivity contribution is 6.04. The molecule has 3 nitrogen and oxygen atoms in total. The quantitative estimate of drug-likeness (QED) is 0.187. The van der Waals surface area contributed by atoms with Gasteiger partial charge < -0.3 is 0 Å². The second kappa shape index (κ2) is 12.0. The zero-order valence-electron chi connectivity index (χ0n) is 29.4. The van der Waals surface area contributed by atoms with E-state index in [9.17, 15) is 0 Å². The molecule has 0 atom stereocenters. The number of nitrogens with zero attached hydrogens (tertiary/aromatic N) is 3. The van der Waals surface area contributed by atoms with Gasteiger partial charge in [-0.15, -0.1) is 0 Å². The van der Waals surface area contributed by atoms with Crippen molar-refractivity contribution in [3.8, 4) is 67.5 Å². The van der Waals surface area contributed by atoms with Gasteiger partial charge in [-0.3, -0.25) is 0 Å². The number of benzene rings is 7. The lowest BCUT2D eigenvalue weighted by Crippen LogP contribution is -2.17. The molecule has 0 saturated heterocycles. The first kappa shape index (κ1) is 30.6. The predicted octanol–water partition coefficient (Wildman–Crippen LogP) is 12.2. The second-order valence-electron chi connectivity index (χ2n) is 14.7. The van der Waals surface area contributed by atoms with Crippen LogP contribution in [0, 0.1) is 0 Å². The van der Waals surface area contributed by atoms with Crippen LogP contribution in [0.2, 0.25) is 0 Å². The Balaban J connectivity index is 1.17. The standard InChI is InChI=1S/C49H37N3/c1-49(2)43-29-25-35(30-42(43)40-26-24-33-20-13-19-32-16-9-10-21-37(32)44(33)45(40)49)47-50-46(34-17-7-4-8-18-34)51-48(52-47)41-28-27-36(31-14-5-3-6-15-31)38-22-11-12-23-39(38)41/h3-12,14-18,21-30H,13,19-20H2,1-2H3. The Morgan fingerprint density at radius 2 is 1.02 bits per heavy atom. The molecule has 0 aliphatic heterocycles. The van der Waals surface area contributed by atoms with Crippen molar-refractivity contribution >= 4 is 10.8 Å². The van der Waals surface area contributed by atoms with Gasteiger partial charge in [0.25, 0.3) is 0 Å². The lowest BCUT2D eigenvalue weighted by molar-refractivity contribution is 0.661. The molecule has 0 amide bonds. The van der Waals surface area contributed by atoms with Crippen LogP contribution in [0.5, 0.6) is 0 Å². The Morgan fingerprint density at radius 3 is 1.81 bits per heavy atom. The summed E-state index contributed by atoms with van der Waals surface area (Å²) in [6.45, 7) is 4.79. The van der Waals surface area contributed by atoms with E-state index in [1.54, 1.807) is 0 Å². The zero-order chi connectivity index (χ0) is 34.8. The maximum Gasteiger partial charge on any atom is 0.164 e. The highest BCUT2D eigenvalue weighted by atomic mass is 15.0. The summed E-state index contributed by atoms with van der Waals surface area (Å²) in [6.07, 6.45) is 3.40. The van der Waals surface area contributed by atoms with E-state index >= 15 is 0 Å². The summed E-state index contributed by atoms with van der Waals surface area (Å²) in [6, 6.07) is 54.4. The van der Waals surface area contributed by atoms with Crippen molar-refractivity contribution < 1.29 is 0 Å². The lowest BCUT2D eigenvalue weighted by Gasteiger charge is -2.26. The van der Waals surface area contributed by atoms with Crippen LogP contribution in [0.4, 0.5) is 0 Å². The fraction of sp³-hybridized carbons (Fsp3) is 0.122.